The summed E-state index contributed by atoms with van der Waals surface area (Å²) in [4.78, 5) is 13.7. The zero-order chi connectivity index (χ0) is 13.1. The maximum absolute atomic E-state index is 11.1. The smallest absolute Gasteiger partial charge is 0.159 e. The first-order valence-electron chi connectivity index (χ1n) is 5.76. The van der Waals surface area contributed by atoms with Crippen molar-refractivity contribution in [3.63, 3.8) is 0 Å². The molecular weight excluding hydrogens is 240 g/mol. The number of rotatable bonds is 1. The number of aryl methyl sites for hydroxylation is 2. The Balaban J connectivity index is 2.25. The summed E-state index contributed by atoms with van der Waals surface area (Å²) >= 11 is 1.76. The van der Waals surface area contributed by atoms with Crippen LogP contribution in [0, 0.1) is 25.7 Å². The Morgan fingerprint density at radius 1 is 1.11 bits per heavy atom. The van der Waals surface area contributed by atoms with Crippen LogP contribution in [0.5, 0.6) is 0 Å². The lowest BCUT2D eigenvalue weighted by Crippen LogP contribution is -1.90. The van der Waals surface area contributed by atoms with Crippen molar-refractivity contribution in [3.8, 4) is 11.8 Å². The molecule has 90 valence electrons. The predicted octanol–water partition coefficient (Wildman–Crippen LogP) is 3.97. The molecule has 1 aromatic heterocycles. The molecule has 0 saturated heterocycles. The minimum atomic E-state index is 0.0822. The van der Waals surface area contributed by atoms with Crippen LogP contribution in [0.3, 0.4) is 0 Å². The number of benzene rings is 1. The molecule has 18 heavy (non-hydrogen) atoms. The van der Waals surface area contributed by atoms with Gasteiger partial charge < -0.3 is 0 Å². The lowest BCUT2D eigenvalue weighted by Gasteiger charge is -1.94. The molecule has 1 nitrogen and oxygen atoms in total. The third kappa shape index (κ3) is 2.88. The summed E-state index contributed by atoms with van der Waals surface area (Å²) in [6.07, 6.45) is 0. The normalized spacial score (nSPS) is 9.72. The molecule has 0 atom stereocenters. The predicted molar refractivity (Wildman–Crippen MR) is 76.2 cm³/mol. The average molecular weight is 254 g/mol. The molecule has 2 aromatic rings. The van der Waals surface area contributed by atoms with Gasteiger partial charge in [-0.25, -0.2) is 0 Å². The van der Waals surface area contributed by atoms with E-state index in [9.17, 15) is 4.79 Å². The minimum Gasteiger partial charge on any atom is -0.295 e. The van der Waals surface area contributed by atoms with Gasteiger partial charge in [-0.15, -0.1) is 11.3 Å². The first kappa shape index (κ1) is 12.6. The Bertz CT molecular complexity index is 636. The summed E-state index contributed by atoms with van der Waals surface area (Å²) in [7, 11) is 0. The van der Waals surface area contributed by atoms with Crippen molar-refractivity contribution in [1.82, 2.24) is 0 Å². The van der Waals surface area contributed by atoms with Crippen LogP contribution in [0.4, 0.5) is 0 Å². The summed E-state index contributed by atoms with van der Waals surface area (Å²) in [5.74, 6) is 6.38. The maximum atomic E-state index is 11.1. The fourth-order valence-corrected chi connectivity index (χ4v) is 2.56. The van der Waals surface area contributed by atoms with E-state index in [-0.39, 0.29) is 5.78 Å². The van der Waals surface area contributed by atoms with Crippen molar-refractivity contribution in [2.75, 3.05) is 0 Å². The molecule has 0 fully saturated rings. The quantitative estimate of drug-likeness (QED) is 0.556. The first-order valence-corrected chi connectivity index (χ1v) is 6.58. The minimum absolute atomic E-state index is 0.0822. The number of hydrogen-bond acceptors (Lipinski definition) is 2. The Kier molecular flexibility index (Phi) is 3.64. The second-order valence-electron chi connectivity index (χ2n) is 4.21. The van der Waals surface area contributed by atoms with E-state index in [1.807, 2.05) is 24.3 Å². The van der Waals surface area contributed by atoms with Gasteiger partial charge in [0.1, 0.15) is 0 Å². The number of carbonyl (C=O) groups is 1. The van der Waals surface area contributed by atoms with Crippen molar-refractivity contribution < 1.29 is 4.79 Å². The second kappa shape index (κ2) is 5.20. The number of ketones is 1. The molecule has 0 bridgehead atoms. The lowest BCUT2D eigenvalue weighted by molar-refractivity contribution is 0.101. The highest BCUT2D eigenvalue weighted by Gasteiger charge is 1.99. The molecule has 0 aliphatic heterocycles. The first-order chi connectivity index (χ1) is 8.56. The van der Waals surface area contributed by atoms with Crippen molar-refractivity contribution in [2.45, 2.75) is 20.8 Å². The maximum Gasteiger partial charge on any atom is 0.159 e. The Labute approximate surface area is 111 Å². The molecule has 2 heteroatoms. The van der Waals surface area contributed by atoms with Crippen molar-refractivity contribution >= 4 is 17.1 Å². The Hall–Kier alpha value is -1.85. The second-order valence-corrected chi connectivity index (χ2v) is 5.67. The summed E-state index contributed by atoms with van der Waals surface area (Å²) < 4.78 is 0. The van der Waals surface area contributed by atoms with Gasteiger partial charge in [0, 0.05) is 26.4 Å². The van der Waals surface area contributed by atoms with Gasteiger partial charge in [0.05, 0.1) is 0 Å². The van der Waals surface area contributed by atoms with Crippen LogP contribution < -0.4 is 0 Å². The molecule has 0 N–H and O–H groups in total. The van der Waals surface area contributed by atoms with Crippen molar-refractivity contribution in [3.05, 3.63) is 56.8 Å². The standard InChI is InChI=1S/C16H14OS/c1-11-10-16(13(3)18-11)9-6-14-4-7-15(8-5-14)12(2)17/h4-5,7-8,10H,1-3H3. The van der Waals surface area contributed by atoms with Gasteiger partial charge in [-0.2, -0.15) is 0 Å². The van der Waals surface area contributed by atoms with E-state index in [0.717, 1.165) is 16.7 Å². The van der Waals surface area contributed by atoms with Gasteiger partial charge in [0.25, 0.3) is 0 Å². The van der Waals surface area contributed by atoms with E-state index < -0.39 is 0 Å². The highest BCUT2D eigenvalue weighted by atomic mass is 32.1. The third-order valence-corrected chi connectivity index (χ3v) is 3.64. The third-order valence-electron chi connectivity index (χ3n) is 2.67. The number of hydrogen-bond donors (Lipinski definition) is 0. The Morgan fingerprint density at radius 2 is 1.78 bits per heavy atom. The van der Waals surface area contributed by atoms with E-state index >= 15 is 0 Å². The zero-order valence-electron chi connectivity index (χ0n) is 10.7. The molecule has 0 aliphatic rings. The fourth-order valence-electron chi connectivity index (χ4n) is 1.68. The highest BCUT2D eigenvalue weighted by Crippen LogP contribution is 2.19. The molecule has 0 unspecified atom stereocenters. The summed E-state index contributed by atoms with van der Waals surface area (Å²) in [5.41, 5.74) is 2.75. The van der Waals surface area contributed by atoms with Crippen LogP contribution in [-0.2, 0) is 0 Å². The molecule has 1 heterocycles. The van der Waals surface area contributed by atoms with Gasteiger partial charge in [0.2, 0.25) is 0 Å². The molecule has 0 radical (unpaired) electrons. The van der Waals surface area contributed by atoms with Crippen molar-refractivity contribution in [2.24, 2.45) is 0 Å². The lowest BCUT2D eigenvalue weighted by atomic mass is 10.1. The summed E-state index contributed by atoms with van der Waals surface area (Å²) in [5, 5.41) is 0. The van der Waals surface area contributed by atoms with Gasteiger partial charge in [0.15, 0.2) is 5.78 Å². The molecule has 1 aromatic carbocycles. The van der Waals surface area contributed by atoms with E-state index in [1.165, 1.54) is 9.75 Å². The topological polar surface area (TPSA) is 17.1 Å². The monoisotopic (exact) mass is 254 g/mol. The summed E-state index contributed by atoms with van der Waals surface area (Å²) in [6.45, 7) is 5.74. The van der Waals surface area contributed by atoms with E-state index in [1.54, 1.807) is 18.3 Å². The molecule has 2 rings (SSSR count). The van der Waals surface area contributed by atoms with Crippen molar-refractivity contribution in [1.29, 1.82) is 0 Å². The fraction of sp³-hybridized carbons (Fsp3) is 0.188. The number of carbonyl (C=O) groups excluding carboxylic acids is 1. The van der Waals surface area contributed by atoms with Crippen LogP contribution in [-0.4, -0.2) is 5.78 Å². The van der Waals surface area contributed by atoms with E-state index in [4.69, 9.17) is 0 Å². The van der Waals surface area contributed by atoms with Crippen LogP contribution in [0.15, 0.2) is 30.3 Å². The highest BCUT2D eigenvalue weighted by molar-refractivity contribution is 7.12. The van der Waals surface area contributed by atoms with Gasteiger partial charge in [-0.3, -0.25) is 4.79 Å². The molecule has 0 amide bonds. The van der Waals surface area contributed by atoms with E-state index in [2.05, 4.69) is 31.8 Å². The van der Waals surface area contributed by atoms with Gasteiger partial charge >= 0.3 is 0 Å². The zero-order valence-corrected chi connectivity index (χ0v) is 11.5. The summed E-state index contributed by atoms with van der Waals surface area (Å²) in [6, 6.07) is 9.52. The van der Waals surface area contributed by atoms with Crippen LogP contribution in [0.1, 0.15) is 38.2 Å². The number of thiophene rings is 1. The number of Topliss-reactive ketones (excluding diaryl/α,β-unsaturated/α-hetero) is 1. The SMILES string of the molecule is CC(=O)c1ccc(C#Cc2cc(C)sc2C)cc1. The van der Waals surface area contributed by atoms with E-state index in [0.29, 0.717) is 0 Å². The molecule has 0 aliphatic carbocycles. The van der Waals surface area contributed by atoms with Gasteiger partial charge in [-0.1, -0.05) is 24.0 Å². The van der Waals surface area contributed by atoms with Crippen LogP contribution in [0.2, 0.25) is 0 Å². The Morgan fingerprint density at radius 3 is 2.28 bits per heavy atom. The average Bonchev–Trinajstić information content (AvgIpc) is 2.66. The largest absolute Gasteiger partial charge is 0.295 e. The molecule has 0 saturated carbocycles. The van der Waals surface area contributed by atoms with Gasteiger partial charge in [-0.05, 0) is 39.0 Å². The van der Waals surface area contributed by atoms with Crippen LogP contribution in [0.25, 0.3) is 0 Å². The molecule has 0 spiro atoms. The molecular formula is C16H14OS. The van der Waals surface area contributed by atoms with Crippen LogP contribution >= 0.6 is 11.3 Å².